The normalized spacial score (nSPS) is 10.9. The van der Waals surface area contributed by atoms with Crippen LogP contribution in [0.25, 0.3) is 17.1 Å². The quantitative estimate of drug-likeness (QED) is 0.300. The summed E-state index contributed by atoms with van der Waals surface area (Å²) in [4.78, 5) is 12.5. The number of benzene rings is 3. The van der Waals surface area contributed by atoms with E-state index < -0.39 is 0 Å². The summed E-state index contributed by atoms with van der Waals surface area (Å²) in [5.41, 5.74) is 4.68. The van der Waals surface area contributed by atoms with E-state index in [-0.39, 0.29) is 17.4 Å². The maximum Gasteiger partial charge on any atom is 0.196 e. The predicted molar refractivity (Wildman–Crippen MR) is 118 cm³/mol. The van der Waals surface area contributed by atoms with Crippen LogP contribution in [0, 0.1) is 19.7 Å². The molecule has 0 saturated heterocycles. The van der Waals surface area contributed by atoms with Gasteiger partial charge in [-0.2, -0.15) is 0 Å². The fourth-order valence-corrected chi connectivity index (χ4v) is 3.88. The lowest BCUT2D eigenvalue weighted by atomic mass is 10.1. The zero-order valence-corrected chi connectivity index (χ0v) is 17.5. The Morgan fingerprint density at radius 3 is 2.10 bits per heavy atom. The van der Waals surface area contributed by atoms with Crippen LogP contribution in [0.3, 0.4) is 0 Å². The average Bonchev–Trinajstić information content (AvgIpc) is 3.17. The van der Waals surface area contributed by atoms with Gasteiger partial charge in [-0.15, -0.1) is 10.2 Å². The van der Waals surface area contributed by atoms with Crippen molar-refractivity contribution in [3.63, 3.8) is 0 Å². The Bertz CT molecular complexity index is 1170. The number of carbonyl (C=O) groups is 1. The molecule has 0 aliphatic rings. The minimum absolute atomic E-state index is 0.0876. The second-order valence-corrected chi connectivity index (χ2v) is 8.00. The van der Waals surface area contributed by atoms with Gasteiger partial charge in [0.05, 0.1) is 5.75 Å². The number of rotatable bonds is 6. The summed E-state index contributed by atoms with van der Waals surface area (Å²) in [5.74, 6) is 0.454. The molecule has 150 valence electrons. The lowest BCUT2D eigenvalue weighted by molar-refractivity contribution is 0.102. The van der Waals surface area contributed by atoms with Crippen LogP contribution in [-0.2, 0) is 0 Å². The highest BCUT2D eigenvalue weighted by atomic mass is 32.2. The Labute approximate surface area is 178 Å². The molecule has 4 rings (SSSR count). The first-order valence-corrected chi connectivity index (χ1v) is 10.5. The number of nitrogens with zero attached hydrogens (tertiary/aromatic N) is 3. The van der Waals surface area contributed by atoms with Crippen LogP contribution in [-0.4, -0.2) is 26.3 Å². The number of hydrogen-bond acceptors (Lipinski definition) is 4. The number of halogens is 1. The Morgan fingerprint density at radius 1 is 0.867 bits per heavy atom. The summed E-state index contributed by atoms with van der Waals surface area (Å²) in [6.45, 7) is 4.07. The van der Waals surface area contributed by atoms with Crippen LogP contribution in [0.2, 0.25) is 0 Å². The van der Waals surface area contributed by atoms with Crippen molar-refractivity contribution in [1.29, 1.82) is 0 Å². The molecule has 0 aliphatic heterocycles. The number of aromatic nitrogens is 3. The zero-order chi connectivity index (χ0) is 21.1. The average molecular weight is 418 g/mol. The Hall–Kier alpha value is -3.25. The Balaban J connectivity index is 1.67. The molecule has 0 radical (unpaired) electrons. The van der Waals surface area contributed by atoms with Crippen molar-refractivity contribution in [2.24, 2.45) is 0 Å². The molecule has 0 fully saturated rings. The van der Waals surface area contributed by atoms with Crippen molar-refractivity contribution in [1.82, 2.24) is 14.8 Å². The molecular weight excluding hydrogens is 397 g/mol. The fraction of sp³-hybridized carbons (Fsp3) is 0.125. The number of Topliss-reactive ketones (excluding diaryl/α,β-unsaturated/α-hetero) is 1. The summed E-state index contributed by atoms with van der Waals surface area (Å²) in [6, 6.07) is 21.8. The summed E-state index contributed by atoms with van der Waals surface area (Å²) in [6.07, 6.45) is 0. The van der Waals surface area contributed by atoms with Gasteiger partial charge in [0.15, 0.2) is 16.8 Å². The second kappa shape index (κ2) is 8.63. The summed E-state index contributed by atoms with van der Waals surface area (Å²) in [7, 11) is 0. The maximum atomic E-state index is 13.1. The van der Waals surface area contributed by atoms with Gasteiger partial charge in [0.2, 0.25) is 0 Å². The Kier molecular flexibility index (Phi) is 5.77. The van der Waals surface area contributed by atoms with Gasteiger partial charge < -0.3 is 0 Å². The van der Waals surface area contributed by atoms with Crippen molar-refractivity contribution in [3.8, 4) is 17.1 Å². The van der Waals surface area contributed by atoms with Crippen LogP contribution in [0.15, 0.2) is 78.0 Å². The molecule has 0 N–H and O–H groups in total. The fourth-order valence-electron chi connectivity index (χ4n) is 3.03. The number of carbonyl (C=O) groups excluding carboxylic acids is 1. The van der Waals surface area contributed by atoms with Gasteiger partial charge in [-0.25, -0.2) is 4.39 Å². The smallest absolute Gasteiger partial charge is 0.196 e. The Morgan fingerprint density at radius 2 is 1.47 bits per heavy atom. The molecule has 1 heterocycles. The highest BCUT2D eigenvalue weighted by molar-refractivity contribution is 7.99. The van der Waals surface area contributed by atoms with Gasteiger partial charge >= 0.3 is 0 Å². The van der Waals surface area contributed by atoms with Crippen molar-refractivity contribution in [2.75, 3.05) is 5.75 Å². The maximum absolute atomic E-state index is 13.1. The summed E-state index contributed by atoms with van der Waals surface area (Å²) >= 11 is 1.32. The van der Waals surface area contributed by atoms with E-state index in [1.165, 1.54) is 41.6 Å². The molecule has 0 spiro atoms. The van der Waals surface area contributed by atoms with Gasteiger partial charge in [-0.05, 0) is 50.2 Å². The second-order valence-electron chi connectivity index (χ2n) is 7.06. The van der Waals surface area contributed by atoms with E-state index in [4.69, 9.17) is 0 Å². The van der Waals surface area contributed by atoms with Crippen LogP contribution in [0.5, 0.6) is 0 Å². The number of ketones is 1. The van der Waals surface area contributed by atoms with Gasteiger partial charge in [0, 0.05) is 16.8 Å². The third-order valence-corrected chi connectivity index (χ3v) is 5.66. The summed E-state index contributed by atoms with van der Waals surface area (Å²) < 4.78 is 15.1. The van der Waals surface area contributed by atoms with Crippen LogP contribution in [0.4, 0.5) is 4.39 Å². The monoisotopic (exact) mass is 417 g/mol. The first-order valence-electron chi connectivity index (χ1n) is 9.52. The molecule has 4 nitrogen and oxygen atoms in total. The topological polar surface area (TPSA) is 47.8 Å². The molecule has 3 aromatic carbocycles. The molecule has 0 atom stereocenters. The molecule has 1 aromatic heterocycles. The van der Waals surface area contributed by atoms with E-state index in [1.54, 1.807) is 0 Å². The largest absolute Gasteiger partial charge is 0.293 e. The molecule has 0 aliphatic carbocycles. The van der Waals surface area contributed by atoms with Gasteiger partial charge in [-0.3, -0.25) is 9.36 Å². The van der Waals surface area contributed by atoms with Gasteiger partial charge in [-0.1, -0.05) is 59.3 Å². The lowest BCUT2D eigenvalue weighted by Gasteiger charge is -2.11. The first-order chi connectivity index (χ1) is 14.5. The lowest BCUT2D eigenvalue weighted by Crippen LogP contribution is -2.05. The minimum Gasteiger partial charge on any atom is -0.293 e. The van der Waals surface area contributed by atoms with E-state index in [0.717, 1.165) is 22.6 Å². The molecule has 0 bridgehead atoms. The third-order valence-electron chi connectivity index (χ3n) is 4.73. The molecule has 6 heteroatoms. The highest BCUT2D eigenvalue weighted by Crippen LogP contribution is 2.28. The van der Waals surface area contributed by atoms with E-state index in [2.05, 4.69) is 10.2 Å². The third kappa shape index (κ3) is 4.33. The standard InChI is InChI=1S/C24H20FN3OS/c1-16-3-7-19(8-4-16)23-26-27-24(28(23)21-13-5-17(2)6-14-21)30-15-22(29)18-9-11-20(25)12-10-18/h3-14H,15H2,1-2H3. The SMILES string of the molecule is Cc1ccc(-c2nnc(SCC(=O)c3ccc(F)cc3)n2-c2ccc(C)cc2)cc1. The van der Waals surface area contributed by atoms with E-state index >= 15 is 0 Å². The molecule has 0 amide bonds. The number of hydrogen-bond donors (Lipinski definition) is 0. The van der Waals surface area contributed by atoms with Crippen molar-refractivity contribution in [2.45, 2.75) is 19.0 Å². The summed E-state index contributed by atoms with van der Waals surface area (Å²) in [5, 5.41) is 9.40. The molecule has 0 saturated carbocycles. The van der Waals surface area contributed by atoms with E-state index in [1.807, 2.05) is 66.9 Å². The van der Waals surface area contributed by atoms with Crippen LogP contribution < -0.4 is 0 Å². The van der Waals surface area contributed by atoms with Gasteiger partial charge in [0.1, 0.15) is 5.82 Å². The van der Waals surface area contributed by atoms with Crippen molar-refractivity contribution in [3.05, 3.63) is 95.3 Å². The predicted octanol–water partition coefficient (Wildman–Crippen LogP) is 5.67. The number of aryl methyl sites for hydroxylation is 2. The molecule has 4 aromatic rings. The van der Waals surface area contributed by atoms with E-state index in [0.29, 0.717) is 10.7 Å². The zero-order valence-electron chi connectivity index (χ0n) is 16.7. The minimum atomic E-state index is -0.360. The molecular formula is C24H20FN3OS. The van der Waals surface area contributed by atoms with E-state index in [9.17, 15) is 9.18 Å². The van der Waals surface area contributed by atoms with Crippen molar-refractivity contribution < 1.29 is 9.18 Å². The number of thioether (sulfide) groups is 1. The van der Waals surface area contributed by atoms with Crippen molar-refractivity contribution >= 4 is 17.5 Å². The highest BCUT2D eigenvalue weighted by Gasteiger charge is 2.18. The molecule has 30 heavy (non-hydrogen) atoms. The molecule has 0 unspecified atom stereocenters. The first kappa shape index (κ1) is 20.0. The van der Waals surface area contributed by atoms with Gasteiger partial charge in [0.25, 0.3) is 0 Å². The van der Waals surface area contributed by atoms with Crippen LogP contribution >= 0.6 is 11.8 Å². The van der Waals surface area contributed by atoms with Crippen LogP contribution in [0.1, 0.15) is 21.5 Å².